The number of β-amino-alcohol motifs (C(OH)–C–C–N with tert-alkyl or cyclic N) is 1. The molecule has 3 saturated carbocycles. The molecule has 12 rings (SSSR count). The Balaban J connectivity index is 0.540. The average Bonchev–Trinajstić information content (AvgIpc) is 0.823. The molecule has 580 valence electrons. The summed E-state index contributed by atoms with van der Waals surface area (Å²) in [5.41, 5.74) is 9.53. The number of carbonyl (C=O) groups is 6. The SMILES string of the molecule is CCC12CC(C3=C(CN4CCN(c5ccc(C(=O)NS(=O)(=O)c6ccc(N[C@H](CCN7CCN(C(=O)NCCOCCOCCNC(=O)CCC(=O)N[C@H](C(=O)N8C[C@H](O)C[C@H]8C(=O)NCc8ccc(-c9ocnc9C)cc8)C(C)(C)C)CC7)CSc7ccccc7)c(C)c6)cc5)CC4)CCC(C)(C)C3)(C1)C2. The summed E-state index contributed by atoms with van der Waals surface area (Å²) >= 11 is 1.75. The van der Waals surface area contributed by atoms with Gasteiger partial charge >= 0.3 is 6.03 Å². The second kappa shape index (κ2) is 35.7. The van der Waals surface area contributed by atoms with Gasteiger partial charge in [0.25, 0.3) is 15.9 Å². The van der Waals surface area contributed by atoms with Gasteiger partial charge in [0.1, 0.15) is 12.1 Å². The predicted octanol–water partition coefficient (Wildman–Crippen LogP) is 9.31. The summed E-state index contributed by atoms with van der Waals surface area (Å²) in [4.78, 5) is 96.0. The lowest BCUT2D eigenvalue weighted by atomic mass is 9.31. The predicted molar refractivity (Wildman–Crippen MR) is 415 cm³/mol. The molecule has 1 aromatic heterocycles. The minimum absolute atomic E-state index is 0.00662. The number of nitrogens with one attached hydrogen (secondary N) is 6. The van der Waals surface area contributed by atoms with Crippen LogP contribution >= 0.6 is 11.8 Å². The third kappa shape index (κ3) is 21.1. The number of thioether (sulfide) groups is 1. The van der Waals surface area contributed by atoms with Crippen LogP contribution in [0.3, 0.4) is 0 Å². The molecule has 7 aliphatic rings. The van der Waals surface area contributed by atoms with Gasteiger partial charge in [-0.1, -0.05) is 102 Å². The fourth-order valence-electron chi connectivity index (χ4n) is 16.1. The number of urea groups is 1. The standard InChI is InChI=1S/C81H112N12O12S2/c1-9-80-52-81(53-80,54-80)67-47-79(7,8)29-27-61(67)49-90-35-37-91(38-36-90)63-21-19-60(20-22-63)74(97)88-107(101,102)66-23-24-68(56(2)45-66)86-62(51-106-65-13-11-10-12-14-65)28-32-89-33-39-92(40-34-89)77(100)83-31-42-104-44-43-103-41-30-82-70(95)25-26-71(96)87-73(78(4,5)6)76(99)93-50-64(94)46-69(93)75(98)84-48-58-15-17-59(18-16-58)72-57(3)85-55-105-72/h10-24,45,55,62,64,69,73,86,94H,9,25-44,46-54H2,1-8H3,(H,82,95)(H,83,100)(H,84,98)(H,87,96)(H,88,97)/t62-,64-,69+,73-,80?,81?/m1/s1. The summed E-state index contributed by atoms with van der Waals surface area (Å²) in [6.07, 6.45) is 10.2. The zero-order valence-electron chi connectivity index (χ0n) is 63.8. The number of piperazine rings is 2. The molecular weight excluding hydrogens is 1400 g/mol. The van der Waals surface area contributed by atoms with Crippen molar-refractivity contribution in [3.8, 4) is 11.3 Å². The van der Waals surface area contributed by atoms with E-state index in [2.05, 4.69) is 83.9 Å². The van der Waals surface area contributed by atoms with Crippen molar-refractivity contribution in [3.05, 3.63) is 137 Å². The molecule has 4 atom stereocenters. The normalized spacial score (nSPS) is 21.6. The Morgan fingerprint density at radius 2 is 1.46 bits per heavy atom. The van der Waals surface area contributed by atoms with Crippen LogP contribution in [0, 0.1) is 35.5 Å². The van der Waals surface area contributed by atoms with Crippen LogP contribution in [0.1, 0.15) is 139 Å². The van der Waals surface area contributed by atoms with Gasteiger partial charge in [-0.3, -0.25) is 33.8 Å². The van der Waals surface area contributed by atoms with Crippen LogP contribution in [0.15, 0.2) is 129 Å². The number of rotatable bonds is 34. The van der Waals surface area contributed by atoms with Crippen molar-refractivity contribution < 1.29 is 56.2 Å². The van der Waals surface area contributed by atoms with E-state index < -0.39 is 57.3 Å². The quantitative estimate of drug-likeness (QED) is 0.0115. The van der Waals surface area contributed by atoms with Gasteiger partial charge in [-0.15, -0.1) is 11.8 Å². The second-order valence-corrected chi connectivity index (χ2v) is 34.9. The lowest BCUT2D eigenvalue weighted by Crippen LogP contribution is -2.63. The first-order chi connectivity index (χ1) is 51.2. The van der Waals surface area contributed by atoms with Crippen LogP contribution in [0.25, 0.3) is 11.3 Å². The number of hydrogen-bond acceptors (Lipinski definition) is 18. The van der Waals surface area contributed by atoms with Crippen molar-refractivity contribution in [2.45, 2.75) is 167 Å². The van der Waals surface area contributed by atoms with Gasteiger partial charge in [-0.25, -0.2) is 22.9 Å². The molecule has 2 bridgehead atoms. The Bertz CT molecular complexity index is 4020. The molecule has 7 amide bonds. The van der Waals surface area contributed by atoms with Crippen molar-refractivity contribution in [2.24, 2.45) is 21.7 Å². The first-order valence-electron chi connectivity index (χ1n) is 38.3. The molecule has 107 heavy (non-hydrogen) atoms. The van der Waals surface area contributed by atoms with Crippen molar-refractivity contribution in [1.82, 2.24) is 50.6 Å². The molecule has 4 aliphatic carbocycles. The van der Waals surface area contributed by atoms with Gasteiger partial charge in [-0.05, 0) is 146 Å². The highest BCUT2D eigenvalue weighted by Gasteiger charge is 2.68. The molecule has 0 spiro atoms. The number of oxazole rings is 1. The Morgan fingerprint density at radius 1 is 0.785 bits per heavy atom. The Kier molecular flexibility index (Phi) is 26.7. The Hall–Kier alpha value is -7.85. The molecule has 0 unspecified atom stereocenters. The largest absolute Gasteiger partial charge is 0.443 e. The molecule has 24 nitrogen and oxygen atoms in total. The van der Waals surface area contributed by atoms with Crippen molar-refractivity contribution in [2.75, 3.05) is 127 Å². The minimum atomic E-state index is -4.20. The summed E-state index contributed by atoms with van der Waals surface area (Å²) < 4.78 is 46.7. The number of allylic oxidation sites excluding steroid dienone is 1. The number of carbonyl (C=O) groups excluding carboxylic acids is 6. The fourth-order valence-corrected chi connectivity index (χ4v) is 18.2. The van der Waals surface area contributed by atoms with E-state index >= 15 is 0 Å². The van der Waals surface area contributed by atoms with E-state index in [0.29, 0.717) is 54.7 Å². The van der Waals surface area contributed by atoms with Crippen molar-refractivity contribution in [3.63, 3.8) is 0 Å². The summed E-state index contributed by atoms with van der Waals surface area (Å²) in [5.74, 6) is -1.06. The number of hydrogen-bond donors (Lipinski definition) is 7. The van der Waals surface area contributed by atoms with Gasteiger partial charge in [-0.2, -0.15) is 0 Å². The molecule has 0 radical (unpaired) electrons. The van der Waals surface area contributed by atoms with E-state index in [4.69, 9.17) is 13.9 Å². The van der Waals surface area contributed by atoms with Crippen LogP contribution in [-0.4, -0.2) is 215 Å². The van der Waals surface area contributed by atoms with Gasteiger partial charge in [0.2, 0.25) is 23.6 Å². The van der Waals surface area contributed by atoms with Crippen molar-refractivity contribution in [1.29, 1.82) is 0 Å². The third-order valence-electron chi connectivity index (χ3n) is 22.5. The van der Waals surface area contributed by atoms with Gasteiger partial charge in [0, 0.05) is 150 Å². The van der Waals surface area contributed by atoms with Crippen molar-refractivity contribution >= 4 is 68.7 Å². The van der Waals surface area contributed by atoms with E-state index in [9.17, 15) is 42.3 Å². The Morgan fingerprint density at radius 3 is 2.11 bits per heavy atom. The van der Waals surface area contributed by atoms with Crippen LogP contribution < -0.4 is 36.2 Å². The highest BCUT2D eigenvalue weighted by atomic mass is 32.2. The average molecular weight is 1510 g/mol. The Labute approximate surface area is 636 Å². The molecular formula is C81H112N12O12S2. The summed E-state index contributed by atoms with van der Waals surface area (Å²) in [6.45, 7) is 26.2. The number of aromatic nitrogens is 1. The van der Waals surface area contributed by atoms with E-state index in [-0.39, 0.29) is 93.8 Å². The molecule has 3 aliphatic heterocycles. The number of anilines is 2. The van der Waals surface area contributed by atoms with E-state index in [1.165, 1.54) is 56.2 Å². The maximum atomic E-state index is 14.1. The molecule has 6 fully saturated rings. The number of sulfonamides is 1. The number of aliphatic hydroxyl groups excluding tert-OH is 1. The highest BCUT2D eigenvalue weighted by molar-refractivity contribution is 7.99. The van der Waals surface area contributed by atoms with Crippen LogP contribution in [-0.2, 0) is 45.2 Å². The monoisotopic (exact) mass is 1510 g/mol. The summed E-state index contributed by atoms with van der Waals surface area (Å²) in [5, 5.41) is 25.7. The zero-order valence-corrected chi connectivity index (χ0v) is 65.4. The summed E-state index contributed by atoms with van der Waals surface area (Å²) in [6, 6.07) is 27.7. The zero-order chi connectivity index (χ0) is 76.1. The maximum Gasteiger partial charge on any atom is 0.317 e. The first-order valence-corrected chi connectivity index (χ1v) is 40.8. The van der Waals surface area contributed by atoms with Gasteiger partial charge in [0.05, 0.1) is 43.1 Å². The fraction of sp³-hybridized carbons (Fsp3) is 0.568. The second-order valence-electron chi connectivity index (χ2n) is 32.1. The minimum Gasteiger partial charge on any atom is -0.443 e. The number of nitrogens with zero attached hydrogens (tertiary/aromatic N) is 6. The van der Waals surface area contributed by atoms with E-state index in [1.54, 1.807) is 73.3 Å². The van der Waals surface area contributed by atoms with Gasteiger partial charge < -0.3 is 60.3 Å². The molecule has 5 aromatic rings. The number of aliphatic hydroxyl groups is 1. The summed E-state index contributed by atoms with van der Waals surface area (Å²) in [7, 11) is -4.20. The molecule has 4 heterocycles. The number of likely N-dealkylation sites (tertiary alicyclic amines) is 1. The third-order valence-corrected chi connectivity index (χ3v) is 25.0. The first kappa shape index (κ1) is 80.2. The number of ether oxygens (including phenoxy) is 2. The topological polar surface area (TPSA) is 290 Å². The highest BCUT2D eigenvalue weighted by Crippen LogP contribution is 2.79. The van der Waals surface area contributed by atoms with Crippen LogP contribution in [0.2, 0.25) is 0 Å². The number of aryl methyl sites for hydroxylation is 2. The maximum absolute atomic E-state index is 14.1. The molecule has 3 saturated heterocycles. The smallest absolute Gasteiger partial charge is 0.317 e. The molecule has 26 heteroatoms. The van der Waals surface area contributed by atoms with Gasteiger partial charge in [0.15, 0.2) is 12.2 Å². The van der Waals surface area contributed by atoms with E-state index in [1.807, 2.05) is 74.0 Å². The molecule has 4 aromatic carbocycles. The number of benzene rings is 4. The van der Waals surface area contributed by atoms with E-state index in [0.717, 1.165) is 90.1 Å². The lowest BCUT2D eigenvalue weighted by Gasteiger charge is -2.73. The lowest BCUT2D eigenvalue weighted by molar-refractivity contribution is -0.182. The molecule has 7 N–H and O–H groups in total. The van der Waals surface area contributed by atoms with Crippen LogP contribution in [0.5, 0.6) is 0 Å². The van der Waals surface area contributed by atoms with Crippen LogP contribution in [0.4, 0.5) is 16.2 Å². The number of amides is 7.